The Kier molecular flexibility index (Phi) is 4.73. The van der Waals surface area contributed by atoms with E-state index in [1.807, 2.05) is 0 Å². The van der Waals surface area contributed by atoms with Gasteiger partial charge in [0.05, 0.1) is 6.10 Å². The molecule has 1 nitrogen and oxygen atoms in total. The topological polar surface area (TPSA) is 20.2 Å². The molecule has 2 aromatic carbocycles. The predicted octanol–water partition coefficient (Wildman–Crippen LogP) is 4.80. The second kappa shape index (κ2) is 6.16. The molecule has 1 N–H and O–H groups in total. The molecule has 0 radical (unpaired) electrons. The minimum Gasteiger partial charge on any atom is -0.388 e. The highest BCUT2D eigenvalue weighted by atomic mass is 79.9. The van der Waals surface area contributed by atoms with Crippen molar-refractivity contribution in [3.05, 3.63) is 68.4 Å². The summed E-state index contributed by atoms with van der Waals surface area (Å²) in [6, 6.07) is 6.81. The van der Waals surface area contributed by atoms with Crippen molar-refractivity contribution in [3.8, 4) is 0 Å². The number of aliphatic hydroxyl groups is 1. The fourth-order valence-corrected chi connectivity index (χ4v) is 2.55. The van der Waals surface area contributed by atoms with Gasteiger partial charge in [-0.15, -0.1) is 0 Å². The van der Waals surface area contributed by atoms with Gasteiger partial charge in [0.1, 0.15) is 0 Å². The van der Waals surface area contributed by atoms with E-state index in [9.17, 15) is 18.3 Å². The molecule has 6 heteroatoms. The molecule has 1 atom stereocenters. The Balaban J connectivity index is 2.28. The van der Waals surface area contributed by atoms with Crippen molar-refractivity contribution in [3.63, 3.8) is 0 Å². The molecule has 0 aliphatic rings. The summed E-state index contributed by atoms with van der Waals surface area (Å²) in [5, 5.41) is 10.4. The molecule has 0 bridgehead atoms. The van der Waals surface area contributed by atoms with E-state index in [2.05, 4.69) is 15.9 Å². The van der Waals surface area contributed by atoms with Crippen molar-refractivity contribution in [1.82, 2.24) is 0 Å². The van der Waals surface area contributed by atoms with Crippen LogP contribution in [0.4, 0.5) is 13.2 Å². The van der Waals surface area contributed by atoms with Gasteiger partial charge in [-0.3, -0.25) is 0 Å². The molecule has 0 aromatic heterocycles. The van der Waals surface area contributed by atoms with Crippen molar-refractivity contribution in [2.75, 3.05) is 0 Å². The van der Waals surface area contributed by atoms with Crippen LogP contribution in [-0.2, 0) is 6.42 Å². The molecule has 0 aliphatic heterocycles. The first kappa shape index (κ1) is 15.4. The Morgan fingerprint density at radius 3 is 2.45 bits per heavy atom. The van der Waals surface area contributed by atoms with E-state index in [1.165, 1.54) is 0 Å². The Labute approximate surface area is 127 Å². The minimum absolute atomic E-state index is 0.00585. The number of rotatable bonds is 3. The fourth-order valence-electron chi connectivity index (χ4n) is 1.80. The summed E-state index contributed by atoms with van der Waals surface area (Å²) in [6.07, 6.45) is -1.32. The maximum atomic E-state index is 13.6. The van der Waals surface area contributed by atoms with Gasteiger partial charge in [-0.1, -0.05) is 39.7 Å². The fraction of sp³-hybridized carbons (Fsp3) is 0.143. The van der Waals surface area contributed by atoms with Crippen LogP contribution in [0.2, 0.25) is 5.02 Å². The van der Waals surface area contributed by atoms with Crippen LogP contribution in [0.15, 0.2) is 34.8 Å². The second-order valence-corrected chi connectivity index (χ2v) is 5.54. The minimum atomic E-state index is -1.59. The van der Waals surface area contributed by atoms with Gasteiger partial charge in [0, 0.05) is 21.5 Å². The largest absolute Gasteiger partial charge is 0.388 e. The van der Waals surface area contributed by atoms with Gasteiger partial charge in [0.15, 0.2) is 17.5 Å². The summed E-state index contributed by atoms with van der Waals surface area (Å²) >= 11 is 9.23. The first-order chi connectivity index (χ1) is 9.40. The molecule has 2 rings (SSSR count). The average Bonchev–Trinajstić information content (AvgIpc) is 2.39. The maximum Gasteiger partial charge on any atom is 0.194 e. The molecule has 2 aromatic rings. The Morgan fingerprint density at radius 1 is 1.10 bits per heavy atom. The highest BCUT2D eigenvalue weighted by Crippen LogP contribution is 2.28. The zero-order valence-electron chi connectivity index (χ0n) is 10.0. The van der Waals surface area contributed by atoms with Crippen LogP contribution in [0.1, 0.15) is 17.2 Å². The van der Waals surface area contributed by atoms with E-state index in [0.717, 1.165) is 16.6 Å². The van der Waals surface area contributed by atoms with Crippen LogP contribution >= 0.6 is 27.5 Å². The van der Waals surface area contributed by atoms with E-state index in [4.69, 9.17) is 11.6 Å². The summed E-state index contributed by atoms with van der Waals surface area (Å²) in [6.45, 7) is 0. The third kappa shape index (κ3) is 3.16. The highest BCUT2D eigenvalue weighted by molar-refractivity contribution is 9.10. The van der Waals surface area contributed by atoms with Crippen molar-refractivity contribution in [2.24, 2.45) is 0 Å². The van der Waals surface area contributed by atoms with Gasteiger partial charge in [-0.25, -0.2) is 13.2 Å². The summed E-state index contributed by atoms with van der Waals surface area (Å²) in [5.41, 5.74) is 0.273. The first-order valence-corrected chi connectivity index (χ1v) is 6.82. The predicted molar refractivity (Wildman–Crippen MR) is 74.1 cm³/mol. The van der Waals surface area contributed by atoms with Gasteiger partial charge in [-0.05, 0) is 23.8 Å². The molecule has 0 heterocycles. The number of benzene rings is 2. The van der Waals surface area contributed by atoms with Gasteiger partial charge in [0.2, 0.25) is 0 Å². The lowest BCUT2D eigenvalue weighted by atomic mass is 10.0. The molecule has 20 heavy (non-hydrogen) atoms. The second-order valence-electron chi connectivity index (χ2n) is 4.22. The van der Waals surface area contributed by atoms with E-state index in [0.29, 0.717) is 10.6 Å². The van der Waals surface area contributed by atoms with Gasteiger partial charge in [0.25, 0.3) is 0 Å². The number of hydrogen-bond donors (Lipinski definition) is 1. The molecular formula is C14H9BrClF3O. The van der Waals surface area contributed by atoms with E-state index in [1.54, 1.807) is 18.2 Å². The molecule has 0 spiro atoms. The van der Waals surface area contributed by atoms with E-state index in [-0.39, 0.29) is 12.0 Å². The van der Waals surface area contributed by atoms with Gasteiger partial charge >= 0.3 is 0 Å². The normalized spacial score (nSPS) is 12.5. The highest BCUT2D eigenvalue weighted by Gasteiger charge is 2.20. The molecule has 0 saturated heterocycles. The van der Waals surface area contributed by atoms with E-state index < -0.39 is 23.6 Å². The maximum absolute atomic E-state index is 13.6. The third-order valence-corrected chi connectivity index (χ3v) is 3.70. The monoisotopic (exact) mass is 364 g/mol. The Bertz CT molecular complexity index is 649. The van der Waals surface area contributed by atoms with Crippen LogP contribution < -0.4 is 0 Å². The Morgan fingerprint density at radius 2 is 1.80 bits per heavy atom. The van der Waals surface area contributed by atoms with Gasteiger partial charge < -0.3 is 5.11 Å². The molecular weight excluding hydrogens is 357 g/mol. The SMILES string of the molecule is OC(Cc1ccc(Br)cc1Cl)c1ccc(F)c(F)c1F. The molecule has 106 valence electrons. The molecule has 1 unspecified atom stereocenters. The standard InChI is InChI=1S/C14H9BrClF3O/c15-8-2-1-7(10(16)6-8)5-12(20)9-3-4-11(17)14(19)13(9)18/h1-4,6,12,20H,5H2. The summed E-state index contributed by atoms with van der Waals surface area (Å²) in [7, 11) is 0. The van der Waals surface area contributed by atoms with Crippen LogP contribution in [0.5, 0.6) is 0 Å². The summed E-state index contributed by atoms with van der Waals surface area (Å²) < 4.78 is 40.3. The Hall–Kier alpha value is -1.04. The van der Waals surface area contributed by atoms with Crippen LogP contribution in [0.3, 0.4) is 0 Å². The first-order valence-electron chi connectivity index (χ1n) is 5.65. The molecule has 0 amide bonds. The van der Waals surface area contributed by atoms with Gasteiger partial charge in [-0.2, -0.15) is 0 Å². The lowest BCUT2D eigenvalue weighted by Gasteiger charge is -2.14. The quantitative estimate of drug-likeness (QED) is 0.775. The smallest absolute Gasteiger partial charge is 0.194 e. The lowest BCUT2D eigenvalue weighted by molar-refractivity contribution is 0.172. The van der Waals surface area contributed by atoms with Crippen molar-refractivity contribution in [2.45, 2.75) is 12.5 Å². The van der Waals surface area contributed by atoms with Crippen molar-refractivity contribution >= 4 is 27.5 Å². The van der Waals surface area contributed by atoms with Crippen LogP contribution in [0.25, 0.3) is 0 Å². The van der Waals surface area contributed by atoms with E-state index >= 15 is 0 Å². The lowest BCUT2D eigenvalue weighted by Crippen LogP contribution is -2.07. The number of aliphatic hydroxyl groups excluding tert-OH is 1. The van der Waals surface area contributed by atoms with Crippen LogP contribution in [-0.4, -0.2) is 5.11 Å². The number of hydrogen-bond acceptors (Lipinski definition) is 1. The molecule has 0 fully saturated rings. The molecule has 0 saturated carbocycles. The van der Waals surface area contributed by atoms with Crippen molar-refractivity contribution in [1.29, 1.82) is 0 Å². The third-order valence-electron chi connectivity index (χ3n) is 2.85. The zero-order chi connectivity index (χ0) is 14.9. The summed E-state index contributed by atoms with van der Waals surface area (Å²) in [5.74, 6) is -4.27. The summed E-state index contributed by atoms with van der Waals surface area (Å²) in [4.78, 5) is 0. The zero-order valence-corrected chi connectivity index (χ0v) is 12.4. The van der Waals surface area contributed by atoms with Crippen molar-refractivity contribution < 1.29 is 18.3 Å². The number of halogens is 5. The molecule has 0 aliphatic carbocycles. The van der Waals surface area contributed by atoms with Crippen LogP contribution in [0, 0.1) is 17.5 Å². The average molecular weight is 366 g/mol.